The van der Waals surface area contributed by atoms with Gasteiger partial charge in [0.25, 0.3) is 0 Å². The van der Waals surface area contributed by atoms with Crippen LogP contribution in [-0.2, 0) is 4.74 Å². The molecule has 1 aromatic heterocycles. The number of carbonyl (C=O) groups is 1. The van der Waals surface area contributed by atoms with Crippen molar-refractivity contribution in [3.05, 3.63) is 36.5 Å². The Balaban J connectivity index is 2.24. The molecule has 4 heteroatoms. The molecule has 0 saturated heterocycles. The molecule has 0 spiro atoms. The van der Waals surface area contributed by atoms with Crippen LogP contribution in [0, 0.1) is 0 Å². The number of pyridine rings is 1. The first-order valence-corrected chi connectivity index (χ1v) is 5.79. The zero-order valence-electron chi connectivity index (χ0n) is 10.7. The van der Waals surface area contributed by atoms with E-state index in [1.54, 1.807) is 12.3 Å². The molecule has 0 bridgehead atoms. The van der Waals surface area contributed by atoms with E-state index in [1.165, 1.54) is 0 Å². The third kappa shape index (κ3) is 2.97. The Labute approximate surface area is 106 Å². The van der Waals surface area contributed by atoms with E-state index in [4.69, 9.17) is 4.74 Å². The Morgan fingerprint density at radius 1 is 1.22 bits per heavy atom. The maximum atomic E-state index is 11.7. The highest BCUT2D eigenvalue weighted by Crippen LogP contribution is 2.21. The molecule has 1 N–H and O–H groups in total. The molecule has 0 radical (unpaired) electrons. The van der Waals surface area contributed by atoms with Crippen molar-refractivity contribution in [2.24, 2.45) is 0 Å². The minimum absolute atomic E-state index is 0.472. The summed E-state index contributed by atoms with van der Waals surface area (Å²) in [7, 11) is 0. The summed E-state index contributed by atoms with van der Waals surface area (Å²) in [4.78, 5) is 16.0. The lowest BCUT2D eigenvalue weighted by atomic mass is 10.2. The molecule has 94 valence electrons. The topological polar surface area (TPSA) is 51.2 Å². The van der Waals surface area contributed by atoms with Crippen LogP contribution in [0.3, 0.4) is 0 Å². The van der Waals surface area contributed by atoms with Gasteiger partial charge in [-0.15, -0.1) is 0 Å². The van der Waals surface area contributed by atoms with E-state index < -0.39 is 11.7 Å². The molecule has 4 nitrogen and oxygen atoms in total. The van der Waals surface area contributed by atoms with Gasteiger partial charge >= 0.3 is 6.09 Å². The van der Waals surface area contributed by atoms with E-state index in [-0.39, 0.29) is 0 Å². The number of rotatable bonds is 1. The number of benzene rings is 1. The maximum Gasteiger partial charge on any atom is 0.412 e. The molecule has 0 unspecified atom stereocenters. The summed E-state index contributed by atoms with van der Waals surface area (Å²) in [6.45, 7) is 5.48. The second-order valence-electron chi connectivity index (χ2n) is 5.01. The molecule has 0 aliphatic carbocycles. The van der Waals surface area contributed by atoms with Gasteiger partial charge in [-0.25, -0.2) is 4.79 Å². The van der Waals surface area contributed by atoms with E-state index in [2.05, 4.69) is 10.3 Å². The Hall–Kier alpha value is -2.10. The third-order valence-electron chi connectivity index (χ3n) is 2.27. The number of amides is 1. The molecule has 1 aromatic carbocycles. The number of nitrogens with zero attached hydrogens (tertiary/aromatic N) is 1. The molecule has 0 fully saturated rings. The van der Waals surface area contributed by atoms with Crippen molar-refractivity contribution in [2.45, 2.75) is 26.4 Å². The molecule has 1 heterocycles. The first-order valence-electron chi connectivity index (χ1n) is 5.79. The van der Waals surface area contributed by atoms with Crippen molar-refractivity contribution in [2.75, 3.05) is 5.32 Å². The van der Waals surface area contributed by atoms with Crippen LogP contribution in [0.1, 0.15) is 20.8 Å². The molecule has 0 saturated carbocycles. The van der Waals surface area contributed by atoms with Crippen molar-refractivity contribution in [3.63, 3.8) is 0 Å². The molecule has 0 aliphatic rings. The molecular formula is C14H16N2O2. The van der Waals surface area contributed by atoms with Gasteiger partial charge in [-0.2, -0.15) is 0 Å². The van der Waals surface area contributed by atoms with Crippen molar-refractivity contribution < 1.29 is 9.53 Å². The summed E-state index contributed by atoms with van der Waals surface area (Å²) in [6, 6.07) is 9.43. The van der Waals surface area contributed by atoms with Gasteiger partial charge in [0.1, 0.15) is 5.60 Å². The molecule has 2 rings (SSSR count). The predicted octanol–water partition coefficient (Wildman–Crippen LogP) is 3.58. The number of fused-ring (bicyclic) bond motifs is 1. The van der Waals surface area contributed by atoms with Crippen LogP contribution in [0.5, 0.6) is 0 Å². The Bertz CT molecular complexity index is 568. The highest BCUT2D eigenvalue weighted by atomic mass is 16.6. The van der Waals surface area contributed by atoms with Crippen LogP contribution in [-0.4, -0.2) is 16.7 Å². The molecule has 18 heavy (non-hydrogen) atoms. The van der Waals surface area contributed by atoms with Crippen molar-refractivity contribution in [3.8, 4) is 0 Å². The highest BCUT2D eigenvalue weighted by Gasteiger charge is 2.16. The van der Waals surface area contributed by atoms with Gasteiger partial charge in [0.15, 0.2) is 0 Å². The number of hydrogen-bond donors (Lipinski definition) is 1. The second kappa shape index (κ2) is 4.64. The fourth-order valence-corrected chi connectivity index (χ4v) is 1.62. The molecular weight excluding hydrogens is 228 g/mol. The standard InChI is InChI=1S/C14H16N2O2/c1-14(2,3)18-13(17)16-11-8-4-6-10-7-5-9-15-12(10)11/h4-9H,1-3H3,(H,16,17). The van der Waals surface area contributed by atoms with Gasteiger partial charge in [-0.1, -0.05) is 18.2 Å². The van der Waals surface area contributed by atoms with Gasteiger partial charge in [-0.3, -0.25) is 10.3 Å². The fourth-order valence-electron chi connectivity index (χ4n) is 1.62. The third-order valence-corrected chi connectivity index (χ3v) is 2.27. The summed E-state index contributed by atoms with van der Waals surface area (Å²) in [5.41, 5.74) is 0.899. The largest absolute Gasteiger partial charge is 0.444 e. The van der Waals surface area contributed by atoms with Crippen LogP contribution >= 0.6 is 0 Å². The number of anilines is 1. The smallest absolute Gasteiger partial charge is 0.412 e. The van der Waals surface area contributed by atoms with E-state index >= 15 is 0 Å². The summed E-state index contributed by atoms with van der Waals surface area (Å²) < 4.78 is 5.21. The van der Waals surface area contributed by atoms with Gasteiger partial charge in [0.05, 0.1) is 11.2 Å². The van der Waals surface area contributed by atoms with Gasteiger partial charge in [0.2, 0.25) is 0 Å². The number of nitrogens with one attached hydrogen (secondary N) is 1. The monoisotopic (exact) mass is 244 g/mol. The minimum atomic E-state index is -0.512. The lowest BCUT2D eigenvalue weighted by Crippen LogP contribution is -2.27. The summed E-state index contributed by atoms with van der Waals surface area (Å²) >= 11 is 0. The quantitative estimate of drug-likeness (QED) is 0.834. The normalized spacial score (nSPS) is 11.3. The predicted molar refractivity (Wildman–Crippen MR) is 71.6 cm³/mol. The van der Waals surface area contributed by atoms with Crippen molar-refractivity contribution in [1.82, 2.24) is 4.98 Å². The number of aromatic nitrogens is 1. The molecule has 2 aromatic rings. The summed E-state index contributed by atoms with van der Waals surface area (Å²) in [5.74, 6) is 0. The second-order valence-corrected chi connectivity index (χ2v) is 5.01. The molecule has 1 amide bonds. The zero-order valence-corrected chi connectivity index (χ0v) is 10.7. The van der Waals surface area contributed by atoms with E-state index in [9.17, 15) is 4.79 Å². The van der Waals surface area contributed by atoms with Crippen LogP contribution in [0.15, 0.2) is 36.5 Å². The van der Waals surface area contributed by atoms with E-state index in [0.717, 1.165) is 10.9 Å². The highest BCUT2D eigenvalue weighted by molar-refractivity contribution is 5.97. The van der Waals surface area contributed by atoms with Crippen LogP contribution in [0.25, 0.3) is 10.9 Å². The van der Waals surface area contributed by atoms with Crippen molar-refractivity contribution in [1.29, 1.82) is 0 Å². The molecule has 0 atom stereocenters. The number of ether oxygens (including phenoxy) is 1. The average Bonchev–Trinajstić information content (AvgIpc) is 2.27. The first kappa shape index (κ1) is 12.4. The Morgan fingerprint density at radius 2 is 1.94 bits per heavy atom. The minimum Gasteiger partial charge on any atom is -0.444 e. The molecule has 0 aliphatic heterocycles. The Kier molecular flexibility index (Phi) is 3.19. The van der Waals surface area contributed by atoms with Crippen LogP contribution < -0.4 is 5.32 Å². The fraction of sp³-hybridized carbons (Fsp3) is 0.286. The van der Waals surface area contributed by atoms with Crippen LogP contribution in [0.4, 0.5) is 10.5 Å². The maximum absolute atomic E-state index is 11.7. The SMILES string of the molecule is CC(C)(C)OC(=O)Nc1cccc2cccnc12. The summed E-state index contributed by atoms with van der Waals surface area (Å²) in [6.07, 6.45) is 1.23. The zero-order chi connectivity index (χ0) is 13.2. The lowest BCUT2D eigenvalue weighted by molar-refractivity contribution is 0.0636. The van der Waals surface area contributed by atoms with Crippen molar-refractivity contribution >= 4 is 22.7 Å². The average molecular weight is 244 g/mol. The van der Waals surface area contributed by atoms with Crippen LogP contribution in [0.2, 0.25) is 0 Å². The first-order chi connectivity index (χ1) is 8.46. The number of hydrogen-bond acceptors (Lipinski definition) is 3. The number of carbonyl (C=O) groups excluding carboxylic acids is 1. The lowest BCUT2D eigenvalue weighted by Gasteiger charge is -2.19. The van der Waals surface area contributed by atoms with Gasteiger partial charge in [-0.05, 0) is 32.9 Å². The number of para-hydroxylation sites is 1. The Morgan fingerprint density at radius 3 is 2.67 bits per heavy atom. The van der Waals surface area contributed by atoms with Gasteiger partial charge in [0, 0.05) is 11.6 Å². The van der Waals surface area contributed by atoms with Gasteiger partial charge < -0.3 is 4.74 Å². The summed E-state index contributed by atoms with van der Waals surface area (Å²) in [5, 5.41) is 3.70. The van der Waals surface area contributed by atoms with E-state index in [1.807, 2.05) is 45.0 Å². The van der Waals surface area contributed by atoms with E-state index in [0.29, 0.717) is 5.69 Å².